The van der Waals surface area contributed by atoms with Gasteiger partial charge < -0.3 is 14.8 Å². The molecule has 4 heteroatoms. The number of hydrogen-bond donors (Lipinski definition) is 1. The van der Waals surface area contributed by atoms with E-state index in [1.165, 1.54) is 0 Å². The van der Waals surface area contributed by atoms with Crippen molar-refractivity contribution in [1.29, 1.82) is 0 Å². The normalized spacial score (nSPS) is 24.5. The maximum absolute atomic E-state index is 10.9. The molecule has 1 rings (SSSR count). The highest BCUT2D eigenvalue weighted by molar-refractivity contribution is 5.78. The van der Waals surface area contributed by atoms with Crippen LogP contribution in [0.1, 0.15) is 12.8 Å². The molecule has 13 heavy (non-hydrogen) atoms. The molecule has 1 heterocycles. The lowest BCUT2D eigenvalue weighted by molar-refractivity contribution is -0.119. The number of amides is 1. The van der Waals surface area contributed by atoms with Crippen molar-refractivity contribution < 1.29 is 14.3 Å². The van der Waals surface area contributed by atoms with E-state index in [2.05, 4.69) is 5.32 Å². The summed E-state index contributed by atoms with van der Waals surface area (Å²) in [5.74, 6) is 0.442. The molecule has 0 aromatic rings. The molecule has 0 aromatic heterocycles. The molecule has 4 nitrogen and oxygen atoms in total. The van der Waals surface area contributed by atoms with Gasteiger partial charge in [0.2, 0.25) is 5.91 Å². The molecule has 1 fully saturated rings. The lowest BCUT2D eigenvalue weighted by Crippen LogP contribution is -2.26. The van der Waals surface area contributed by atoms with E-state index in [0.29, 0.717) is 18.9 Å². The second-order valence-electron chi connectivity index (χ2n) is 3.32. The average molecular weight is 187 g/mol. The number of rotatable bonds is 5. The van der Waals surface area contributed by atoms with Gasteiger partial charge in [0.05, 0.1) is 6.10 Å². The Hall–Kier alpha value is -0.610. The maximum Gasteiger partial charge on any atom is 0.220 e. The predicted octanol–water partition coefficient (Wildman–Crippen LogP) is 0.174. The van der Waals surface area contributed by atoms with Gasteiger partial charge in [-0.3, -0.25) is 4.79 Å². The van der Waals surface area contributed by atoms with Gasteiger partial charge in [-0.1, -0.05) is 0 Å². The van der Waals surface area contributed by atoms with Gasteiger partial charge in [0.25, 0.3) is 0 Å². The molecule has 1 aliphatic rings. The standard InChI is InChI=1S/C9H17NO3/c1-12-4-3-8(13-2)7-5-9(11)10-6-7/h7-8H,3-6H2,1-2H3,(H,10,11)/t7-,8-/m1/s1. The van der Waals surface area contributed by atoms with Gasteiger partial charge in [-0.05, 0) is 6.42 Å². The zero-order valence-electron chi connectivity index (χ0n) is 8.21. The second kappa shape index (κ2) is 5.19. The van der Waals surface area contributed by atoms with E-state index in [-0.39, 0.29) is 12.0 Å². The number of ether oxygens (including phenoxy) is 2. The molecule has 0 unspecified atom stereocenters. The average Bonchev–Trinajstić information content (AvgIpc) is 2.54. The van der Waals surface area contributed by atoms with Crippen molar-refractivity contribution in [2.75, 3.05) is 27.4 Å². The number of carbonyl (C=O) groups is 1. The van der Waals surface area contributed by atoms with Gasteiger partial charge in [-0.15, -0.1) is 0 Å². The summed E-state index contributed by atoms with van der Waals surface area (Å²) >= 11 is 0. The van der Waals surface area contributed by atoms with Crippen molar-refractivity contribution in [2.24, 2.45) is 5.92 Å². The fraction of sp³-hybridized carbons (Fsp3) is 0.889. The van der Waals surface area contributed by atoms with E-state index in [1.54, 1.807) is 14.2 Å². The van der Waals surface area contributed by atoms with Crippen LogP contribution < -0.4 is 5.32 Å². The number of nitrogens with one attached hydrogen (secondary N) is 1. The summed E-state index contributed by atoms with van der Waals surface area (Å²) < 4.78 is 10.3. The fourth-order valence-electron chi connectivity index (χ4n) is 1.67. The van der Waals surface area contributed by atoms with E-state index in [0.717, 1.165) is 13.0 Å². The van der Waals surface area contributed by atoms with Gasteiger partial charge in [0.15, 0.2) is 0 Å². The highest BCUT2D eigenvalue weighted by Crippen LogP contribution is 2.18. The van der Waals surface area contributed by atoms with Gasteiger partial charge in [-0.2, -0.15) is 0 Å². The van der Waals surface area contributed by atoms with Crippen LogP contribution in [0.3, 0.4) is 0 Å². The Morgan fingerprint density at radius 3 is 2.85 bits per heavy atom. The van der Waals surface area contributed by atoms with Crippen LogP contribution in [0.5, 0.6) is 0 Å². The Balaban J connectivity index is 2.33. The summed E-state index contributed by atoms with van der Waals surface area (Å²) in [7, 11) is 3.36. The zero-order valence-corrected chi connectivity index (χ0v) is 8.21. The molecule has 2 atom stereocenters. The highest BCUT2D eigenvalue weighted by atomic mass is 16.5. The Labute approximate surface area is 78.6 Å². The fourth-order valence-corrected chi connectivity index (χ4v) is 1.67. The quantitative estimate of drug-likeness (QED) is 0.667. The van der Waals surface area contributed by atoms with Gasteiger partial charge in [0, 0.05) is 39.7 Å². The molecule has 0 spiro atoms. The molecule has 1 aliphatic heterocycles. The summed E-state index contributed by atoms with van der Waals surface area (Å²) in [6, 6.07) is 0. The summed E-state index contributed by atoms with van der Waals surface area (Å²) in [5, 5.41) is 2.80. The first-order chi connectivity index (χ1) is 6.27. The Kier molecular flexibility index (Phi) is 4.18. The Bertz CT molecular complexity index is 172. The molecule has 0 bridgehead atoms. The van der Waals surface area contributed by atoms with Gasteiger partial charge in [0.1, 0.15) is 0 Å². The summed E-state index contributed by atoms with van der Waals surface area (Å²) in [6.07, 6.45) is 1.58. The van der Waals surface area contributed by atoms with Crippen molar-refractivity contribution >= 4 is 5.91 Å². The molecule has 1 N–H and O–H groups in total. The van der Waals surface area contributed by atoms with Crippen molar-refractivity contribution in [3.05, 3.63) is 0 Å². The van der Waals surface area contributed by atoms with Crippen LogP contribution in [0.25, 0.3) is 0 Å². The topological polar surface area (TPSA) is 47.6 Å². The minimum absolute atomic E-state index is 0.129. The molecule has 1 saturated heterocycles. The largest absolute Gasteiger partial charge is 0.385 e. The van der Waals surface area contributed by atoms with E-state index in [9.17, 15) is 4.79 Å². The first-order valence-corrected chi connectivity index (χ1v) is 4.56. The zero-order chi connectivity index (χ0) is 9.68. The van der Waals surface area contributed by atoms with Crippen molar-refractivity contribution in [1.82, 2.24) is 5.32 Å². The van der Waals surface area contributed by atoms with Crippen molar-refractivity contribution in [3.63, 3.8) is 0 Å². The minimum atomic E-state index is 0.129. The van der Waals surface area contributed by atoms with E-state index < -0.39 is 0 Å². The SMILES string of the molecule is COCC[C@@H](OC)[C@H]1CNC(=O)C1. The van der Waals surface area contributed by atoms with Crippen molar-refractivity contribution in [3.8, 4) is 0 Å². The maximum atomic E-state index is 10.9. The number of carbonyl (C=O) groups excluding carboxylic acids is 1. The lowest BCUT2D eigenvalue weighted by atomic mass is 9.99. The molecule has 0 aliphatic carbocycles. The van der Waals surface area contributed by atoms with Crippen LogP contribution in [-0.2, 0) is 14.3 Å². The minimum Gasteiger partial charge on any atom is -0.385 e. The predicted molar refractivity (Wildman–Crippen MR) is 48.4 cm³/mol. The van der Waals surface area contributed by atoms with Crippen LogP contribution in [0.4, 0.5) is 0 Å². The molecule has 0 aromatic carbocycles. The van der Waals surface area contributed by atoms with Crippen LogP contribution >= 0.6 is 0 Å². The Morgan fingerprint density at radius 2 is 2.38 bits per heavy atom. The second-order valence-corrected chi connectivity index (χ2v) is 3.32. The highest BCUT2D eigenvalue weighted by Gasteiger charge is 2.28. The third kappa shape index (κ3) is 2.97. The first kappa shape index (κ1) is 10.5. The molecular weight excluding hydrogens is 170 g/mol. The van der Waals surface area contributed by atoms with Gasteiger partial charge in [-0.25, -0.2) is 0 Å². The van der Waals surface area contributed by atoms with E-state index >= 15 is 0 Å². The molecule has 76 valence electrons. The Morgan fingerprint density at radius 1 is 1.62 bits per heavy atom. The summed E-state index contributed by atoms with van der Waals surface area (Å²) in [6.45, 7) is 1.42. The molecular formula is C9H17NO3. The number of methoxy groups -OCH3 is 2. The van der Waals surface area contributed by atoms with Crippen molar-refractivity contribution in [2.45, 2.75) is 18.9 Å². The third-order valence-electron chi connectivity index (χ3n) is 2.44. The van der Waals surface area contributed by atoms with Crippen LogP contribution in [-0.4, -0.2) is 39.4 Å². The third-order valence-corrected chi connectivity index (χ3v) is 2.44. The molecule has 0 radical (unpaired) electrons. The van der Waals surface area contributed by atoms with E-state index in [1.807, 2.05) is 0 Å². The molecule has 0 saturated carbocycles. The summed E-state index contributed by atoms with van der Waals surface area (Å²) in [5.41, 5.74) is 0. The molecule has 1 amide bonds. The van der Waals surface area contributed by atoms with Crippen LogP contribution in [0.15, 0.2) is 0 Å². The number of hydrogen-bond acceptors (Lipinski definition) is 3. The smallest absolute Gasteiger partial charge is 0.220 e. The van der Waals surface area contributed by atoms with Crippen LogP contribution in [0, 0.1) is 5.92 Å². The first-order valence-electron chi connectivity index (χ1n) is 4.56. The van der Waals surface area contributed by atoms with E-state index in [4.69, 9.17) is 9.47 Å². The lowest BCUT2D eigenvalue weighted by Gasteiger charge is -2.19. The van der Waals surface area contributed by atoms with Gasteiger partial charge >= 0.3 is 0 Å². The summed E-state index contributed by atoms with van der Waals surface area (Å²) in [4.78, 5) is 10.9. The van der Waals surface area contributed by atoms with Crippen LogP contribution in [0.2, 0.25) is 0 Å². The monoisotopic (exact) mass is 187 g/mol.